The molecule has 4 heteroatoms. The first kappa shape index (κ1) is 15.3. The molecule has 1 amide bonds. The third-order valence-corrected chi connectivity index (χ3v) is 4.94. The third-order valence-electron chi connectivity index (χ3n) is 4.94. The van der Waals surface area contributed by atoms with Gasteiger partial charge in [0, 0.05) is 13.0 Å². The van der Waals surface area contributed by atoms with Crippen molar-refractivity contribution in [3.8, 4) is 0 Å². The van der Waals surface area contributed by atoms with E-state index in [1.807, 2.05) is 0 Å². The molecule has 3 atom stereocenters. The van der Waals surface area contributed by atoms with Gasteiger partial charge in [-0.25, -0.2) is 0 Å². The maximum Gasteiger partial charge on any atom is 0.325 e. The normalized spacial score (nSPS) is 29.4. The van der Waals surface area contributed by atoms with Gasteiger partial charge >= 0.3 is 5.97 Å². The number of nitrogens with zero attached hydrogens (tertiary/aromatic N) is 1. The number of amides is 1. The number of carbonyl (C=O) groups excluding carboxylic acids is 2. The summed E-state index contributed by atoms with van der Waals surface area (Å²) < 4.78 is 4.90. The molecule has 2 rings (SSSR count). The molecule has 0 bridgehead atoms. The van der Waals surface area contributed by atoms with Crippen LogP contribution in [0.5, 0.6) is 0 Å². The summed E-state index contributed by atoms with van der Waals surface area (Å²) in [5.41, 5.74) is 0. The van der Waals surface area contributed by atoms with Crippen LogP contribution in [0.3, 0.4) is 0 Å². The summed E-state index contributed by atoms with van der Waals surface area (Å²) in [6.07, 6.45) is 8.53. The third kappa shape index (κ3) is 3.74. The minimum Gasteiger partial charge on any atom is -0.465 e. The Morgan fingerprint density at radius 1 is 1.10 bits per heavy atom. The van der Waals surface area contributed by atoms with E-state index in [-0.39, 0.29) is 24.3 Å². The van der Waals surface area contributed by atoms with Crippen LogP contribution in [0.4, 0.5) is 0 Å². The smallest absolute Gasteiger partial charge is 0.325 e. The summed E-state index contributed by atoms with van der Waals surface area (Å²) in [5, 5.41) is 0. The number of ether oxygens (including phenoxy) is 1. The number of carbonyl (C=O) groups is 2. The van der Waals surface area contributed by atoms with Gasteiger partial charge in [0.1, 0.15) is 6.54 Å². The first-order valence-electron chi connectivity index (χ1n) is 8.02. The van der Waals surface area contributed by atoms with Gasteiger partial charge in [0.15, 0.2) is 0 Å². The Morgan fingerprint density at radius 3 is 2.50 bits per heavy atom. The highest BCUT2D eigenvalue weighted by Gasteiger charge is 2.36. The van der Waals surface area contributed by atoms with E-state index in [4.69, 9.17) is 4.74 Å². The zero-order chi connectivity index (χ0) is 14.5. The Hall–Kier alpha value is -1.06. The highest BCUT2D eigenvalue weighted by molar-refractivity contribution is 5.83. The fraction of sp³-hybridized carbons (Fsp3) is 0.875. The van der Waals surface area contributed by atoms with Crippen LogP contribution in [0, 0.1) is 17.8 Å². The molecule has 4 nitrogen and oxygen atoms in total. The van der Waals surface area contributed by atoms with Crippen LogP contribution in [-0.4, -0.2) is 37.0 Å². The molecule has 20 heavy (non-hydrogen) atoms. The van der Waals surface area contributed by atoms with Gasteiger partial charge in [-0.2, -0.15) is 0 Å². The van der Waals surface area contributed by atoms with Gasteiger partial charge < -0.3 is 9.64 Å². The Bertz CT molecular complexity index is 356. The summed E-state index contributed by atoms with van der Waals surface area (Å²) in [4.78, 5) is 25.4. The van der Waals surface area contributed by atoms with Gasteiger partial charge in [-0.1, -0.05) is 25.7 Å². The van der Waals surface area contributed by atoms with Crippen LogP contribution in [0.2, 0.25) is 0 Å². The van der Waals surface area contributed by atoms with Gasteiger partial charge in [-0.3, -0.25) is 9.59 Å². The van der Waals surface area contributed by atoms with Crippen molar-refractivity contribution in [2.45, 2.75) is 51.9 Å². The molecule has 0 heterocycles. The number of hydrogen-bond acceptors (Lipinski definition) is 3. The van der Waals surface area contributed by atoms with Gasteiger partial charge in [-0.15, -0.1) is 0 Å². The molecule has 0 saturated heterocycles. The molecular formula is C16H27NO3. The fourth-order valence-electron chi connectivity index (χ4n) is 3.89. The molecule has 3 unspecified atom stereocenters. The summed E-state index contributed by atoms with van der Waals surface area (Å²) in [5.74, 6) is 1.52. The standard InChI is InChI=1S/C16H27NO3/c1-3-20-15(18)11-17(2)16(19)14-9-8-12-6-4-5-7-13(12)10-14/h12-14H,3-11H2,1-2H3. The van der Waals surface area contributed by atoms with Crippen molar-refractivity contribution in [1.29, 1.82) is 0 Å². The van der Waals surface area contributed by atoms with Gasteiger partial charge in [0.25, 0.3) is 0 Å². The van der Waals surface area contributed by atoms with E-state index in [1.54, 1.807) is 18.9 Å². The summed E-state index contributed by atoms with van der Waals surface area (Å²) in [6, 6.07) is 0. The van der Waals surface area contributed by atoms with E-state index < -0.39 is 0 Å². The van der Waals surface area contributed by atoms with E-state index in [0.29, 0.717) is 6.61 Å². The van der Waals surface area contributed by atoms with E-state index in [1.165, 1.54) is 32.1 Å². The van der Waals surface area contributed by atoms with E-state index in [9.17, 15) is 9.59 Å². The van der Waals surface area contributed by atoms with Crippen LogP contribution >= 0.6 is 0 Å². The van der Waals surface area contributed by atoms with Crippen LogP contribution < -0.4 is 0 Å². The molecule has 2 fully saturated rings. The fourth-order valence-corrected chi connectivity index (χ4v) is 3.89. The van der Waals surface area contributed by atoms with Crippen molar-refractivity contribution in [3.05, 3.63) is 0 Å². The van der Waals surface area contributed by atoms with Crippen molar-refractivity contribution < 1.29 is 14.3 Å². The van der Waals surface area contributed by atoms with Crippen LogP contribution in [0.25, 0.3) is 0 Å². The Balaban J connectivity index is 1.84. The molecule has 0 aromatic rings. The van der Waals surface area contributed by atoms with Crippen LogP contribution in [0.15, 0.2) is 0 Å². The van der Waals surface area contributed by atoms with Gasteiger partial charge in [-0.05, 0) is 38.0 Å². The second-order valence-electron chi connectivity index (χ2n) is 6.31. The van der Waals surface area contributed by atoms with Crippen molar-refractivity contribution in [1.82, 2.24) is 4.90 Å². The molecule has 0 aromatic carbocycles. The van der Waals surface area contributed by atoms with Crippen molar-refractivity contribution >= 4 is 11.9 Å². The molecule has 0 aromatic heterocycles. The van der Waals surface area contributed by atoms with Crippen molar-refractivity contribution in [2.24, 2.45) is 17.8 Å². The Kier molecular flexibility index (Phi) is 5.44. The molecule has 0 aliphatic heterocycles. The molecule has 0 spiro atoms. The number of likely N-dealkylation sites (N-methyl/N-ethyl adjacent to an activating group) is 1. The molecule has 2 aliphatic carbocycles. The molecular weight excluding hydrogens is 254 g/mol. The minimum atomic E-state index is -0.310. The monoisotopic (exact) mass is 281 g/mol. The first-order chi connectivity index (χ1) is 9.61. The average molecular weight is 281 g/mol. The Morgan fingerprint density at radius 2 is 1.80 bits per heavy atom. The maximum atomic E-state index is 12.4. The summed E-state index contributed by atoms with van der Waals surface area (Å²) in [7, 11) is 1.71. The molecule has 2 saturated carbocycles. The first-order valence-corrected chi connectivity index (χ1v) is 8.02. The average Bonchev–Trinajstić information content (AvgIpc) is 2.46. The number of rotatable bonds is 4. The van der Waals surface area contributed by atoms with Crippen molar-refractivity contribution in [2.75, 3.05) is 20.2 Å². The lowest BCUT2D eigenvalue weighted by Crippen LogP contribution is -2.40. The quantitative estimate of drug-likeness (QED) is 0.744. The highest BCUT2D eigenvalue weighted by atomic mass is 16.5. The van der Waals surface area contributed by atoms with Gasteiger partial charge in [0.2, 0.25) is 5.91 Å². The number of hydrogen-bond donors (Lipinski definition) is 0. The lowest BCUT2D eigenvalue weighted by molar-refractivity contribution is -0.150. The second kappa shape index (κ2) is 7.09. The topological polar surface area (TPSA) is 46.6 Å². The molecule has 2 aliphatic rings. The SMILES string of the molecule is CCOC(=O)CN(C)C(=O)C1CCC2CCCCC2C1. The second-order valence-corrected chi connectivity index (χ2v) is 6.31. The van der Waals surface area contributed by atoms with E-state index >= 15 is 0 Å². The summed E-state index contributed by atoms with van der Waals surface area (Å²) >= 11 is 0. The molecule has 114 valence electrons. The lowest BCUT2D eigenvalue weighted by atomic mass is 9.67. The van der Waals surface area contributed by atoms with E-state index in [0.717, 1.165) is 24.7 Å². The summed E-state index contributed by atoms with van der Waals surface area (Å²) in [6.45, 7) is 2.23. The maximum absolute atomic E-state index is 12.4. The van der Waals surface area contributed by atoms with Gasteiger partial charge in [0.05, 0.1) is 6.61 Å². The lowest BCUT2D eigenvalue weighted by Gasteiger charge is -2.39. The predicted molar refractivity (Wildman–Crippen MR) is 77.1 cm³/mol. The van der Waals surface area contributed by atoms with Crippen LogP contribution in [0.1, 0.15) is 51.9 Å². The van der Waals surface area contributed by atoms with E-state index in [2.05, 4.69) is 0 Å². The Labute approximate surface area is 121 Å². The van der Waals surface area contributed by atoms with Crippen molar-refractivity contribution in [3.63, 3.8) is 0 Å². The largest absolute Gasteiger partial charge is 0.465 e. The zero-order valence-electron chi connectivity index (χ0n) is 12.8. The predicted octanol–water partition coefficient (Wildman–Crippen LogP) is 2.61. The molecule has 0 N–H and O–H groups in total. The number of fused-ring (bicyclic) bond motifs is 1. The highest BCUT2D eigenvalue weighted by Crippen LogP contribution is 2.43. The minimum absolute atomic E-state index is 0.0806. The zero-order valence-corrected chi connectivity index (χ0v) is 12.8. The molecule has 0 radical (unpaired) electrons. The van der Waals surface area contributed by atoms with Crippen LogP contribution in [-0.2, 0) is 14.3 Å². The number of esters is 1.